The number of nitrogens with zero attached hydrogens (tertiary/aromatic N) is 2. The van der Waals surface area contributed by atoms with E-state index in [2.05, 4.69) is 15.4 Å². The average Bonchev–Trinajstić information content (AvgIpc) is 2.81. The van der Waals surface area contributed by atoms with Crippen molar-refractivity contribution in [2.45, 2.75) is 20.0 Å². The number of aromatic nitrogens is 3. The molecule has 0 unspecified atom stereocenters. The van der Waals surface area contributed by atoms with Gasteiger partial charge in [-0.15, -0.1) is 5.10 Å². The van der Waals surface area contributed by atoms with Crippen molar-refractivity contribution in [3.63, 3.8) is 0 Å². The lowest BCUT2D eigenvalue weighted by Gasteiger charge is -2.04. The third kappa shape index (κ3) is 2.95. The molecule has 20 heavy (non-hydrogen) atoms. The van der Waals surface area contributed by atoms with Crippen LogP contribution in [0.15, 0.2) is 18.2 Å². The lowest BCUT2D eigenvalue weighted by Crippen LogP contribution is -2.13. The minimum atomic E-state index is -4.63. The molecule has 1 aromatic heterocycles. The zero-order valence-electron chi connectivity index (χ0n) is 10.7. The molecule has 0 saturated carbocycles. The molecule has 0 spiro atoms. The third-order valence-corrected chi connectivity index (χ3v) is 2.75. The van der Waals surface area contributed by atoms with Crippen LogP contribution in [0.3, 0.4) is 0 Å². The van der Waals surface area contributed by atoms with Gasteiger partial charge in [0.1, 0.15) is 0 Å². The number of rotatable bonds is 2. The minimum Gasteiger partial charge on any atom is -0.289 e. The molecular weight excluding hydrogens is 273 g/mol. The summed E-state index contributed by atoms with van der Waals surface area (Å²) in [6.07, 6.45) is -4.63. The number of hydrogen-bond acceptors (Lipinski definition) is 3. The first-order chi connectivity index (χ1) is 9.27. The molecule has 0 aliphatic rings. The summed E-state index contributed by atoms with van der Waals surface area (Å²) in [5.74, 6) is -2.24. The number of carbonyl (C=O) groups excluding carboxylic acids is 1. The normalized spacial score (nSPS) is 11.4. The first-order valence-electron chi connectivity index (χ1n) is 5.65. The van der Waals surface area contributed by atoms with Crippen LogP contribution in [0.2, 0.25) is 0 Å². The van der Waals surface area contributed by atoms with Crippen LogP contribution in [-0.2, 0) is 6.18 Å². The van der Waals surface area contributed by atoms with Crippen LogP contribution in [0.4, 0.5) is 19.1 Å². The number of hydrogen-bond donors (Lipinski definition) is 2. The highest BCUT2D eigenvalue weighted by Crippen LogP contribution is 2.26. The highest BCUT2D eigenvalue weighted by atomic mass is 19.4. The Kier molecular flexibility index (Phi) is 3.47. The van der Waals surface area contributed by atoms with Crippen LogP contribution in [-0.4, -0.2) is 21.1 Å². The van der Waals surface area contributed by atoms with Gasteiger partial charge in [-0.2, -0.15) is 18.2 Å². The van der Waals surface area contributed by atoms with Gasteiger partial charge in [0, 0.05) is 5.56 Å². The van der Waals surface area contributed by atoms with E-state index in [9.17, 15) is 18.0 Å². The maximum absolute atomic E-state index is 12.3. The van der Waals surface area contributed by atoms with Crippen molar-refractivity contribution in [2.75, 3.05) is 5.32 Å². The lowest BCUT2D eigenvalue weighted by atomic mass is 10.1. The Morgan fingerprint density at radius 2 is 1.95 bits per heavy atom. The Morgan fingerprint density at radius 3 is 2.50 bits per heavy atom. The number of benzene rings is 1. The van der Waals surface area contributed by atoms with Crippen molar-refractivity contribution in [2.24, 2.45) is 0 Å². The Balaban J connectivity index is 2.15. The van der Waals surface area contributed by atoms with Gasteiger partial charge < -0.3 is 0 Å². The molecule has 0 atom stereocenters. The second-order valence-corrected chi connectivity index (χ2v) is 4.26. The average molecular weight is 284 g/mol. The van der Waals surface area contributed by atoms with Gasteiger partial charge in [0.25, 0.3) is 5.91 Å². The summed E-state index contributed by atoms with van der Waals surface area (Å²) < 4.78 is 36.9. The maximum Gasteiger partial charge on any atom is 0.451 e. The molecule has 0 radical (unpaired) electrons. The fraction of sp³-hybridized carbons (Fsp3) is 0.250. The van der Waals surface area contributed by atoms with Gasteiger partial charge >= 0.3 is 6.18 Å². The summed E-state index contributed by atoms with van der Waals surface area (Å²) in [6, 6.07) is 4.97. The molecule has 5 nitrogen and oxygen atoms in total. The van der Waals surface area contributed by atoms with Gasteiger partial charge in [0.2, 0.25) is 11.8 Å². The van der Waals surface area contributed by atoms with Crippen molar-refractivity contribution in [3.05, 3.63) is 40.7 Å². The smallest absolute Gasteiger partial charge is 0.289 e. The van der Waals surface area contributed by atoms with Gasteiger partial charge in [-0.3, -0.25) is 15.2 Å². The van der Waals surface area contributed by atoms with Crippen molar-refractivity contribution >= 4 is 11.9 Å². The van der Waals surface area contributed by atoms with Crippen molar-refractivity contribution in [3.8, 4) is 0 Å². The molecule has 0 aliphatic carbocycles. The number of aryl methyl sites for hydroxylation is 2. The van der Waals surface area contributed by atoms with Crippen LogP contribution in [0.5, 0.6) is 0 Å². The zero-order chi connectivity index (χ0) is 14.9. The molecule has 8 heteroatoms. The SMILES string of the molecule is Cc1ccc(C(=O)Nc2n[nH]c(C(F)(F)F)n2)cc1C. The number of carbonyl (C=O) groups is 1. The van der Waals surface area contributed by atoms with E-state index in [4.69, 9.17) is 0 Å². The summed E-state index contributed by atoms with van der Waals surface area (Å²) >= 11 is 0. The van der Waals surface area contributed by atoms with E-state index in [1.54, 1.807) is 23.3 Å². The fourth-order valence-electron chi connectivity index (χ4n) is 1.50. The van der Waals surface area contributed by atoms with E-state index >= 15 is 0 Å². The predicted molar refractivity (Wildman–Crippen MR) is 65.3 cm³/mol. The number of halogens is 3. The zero-order valence-corrected chi connectivity index (χ0v) is 10.7. The van der Waals surface area contributed by atoms with E-state index in [-0.39, 0.29) is 0 Å². The third-order valence-electron chi connectivity index (χ3n) is 2.75. The van der Waals surface area contributed by atoms with Crippen LogP contribution in [0.1, 0.15) is 27.3 Å². The maximum atomic E-state index is 12.3. The topological polar surface area (TPSA) is 70.7 Å². The van der Waals surface area contributed by atoms with E-state index in [0.717, 1.165) is 11.1 Å². The number of aromatic amines is 1. The van der Waals surface area contributed by atoms with Gasteiger partial charge in [-0.25, -0.2) is 0 Å². The molecule has 0 aliphatic heterocycles. The molecule has 2 N–H and O–H groups in total. The van der Waals surface area contributed by atoms with E-state index < -0.39 is 23.9 Å². The number of H-pyrrole nitrogens is 1. The van der Waals surface area contributed by atoms with Gasteiger partial charge in [-0.05, 0) is 37.1 Å². The molecule has 1 amide bonds. The van der Waals surface area contributed by atoms with Gasteiger partial charge in [0.15, 0.2) is 0 Å². The number of anilines is 1. The lowest BCUT2D eigenvalue weighted by molar-refractivity contribution is -0.144. The number of amides is 1. The van der Waals surface area contributed by atoms with Crippen LogP contribution >= 0.6 is 0 Å². The van der Waals surface area contributed by atoms with E-state index in [1.165, 1.54) is 0 Å². The number of alkyl halides is 3. The minimum absolute atomic E-state index is 0.325. The number of nitrogens with one attached hydrogen (secondary N) is 2. The second kappa shape index (κ2) is 4.95. The van der Waals surface area contributed by atoms with Crippen LogP contribution in [0, 0.1) is 13.8 Å². The second-order valence-electron chi connectivity index (χ2n) is 4.26. The molecular formula is C12H11F3N4O. The molecule has 2 rings (SSSR count). The summed E-state index contributed by atoms with van der Waals surface area (Å²) in [5.41, 5.74) is 2.24. The van der Waals surface area contributed by atoms with Crippen molar-refractivity contribution in [1.82, 2.24) is 15.2 Å². The molecule has 106 valence electrons. The van der Waals surface area contributed by atoms with Gasteiger partial charge in [0.05, 0.1) is 0 Å². The monoisotopic (exact) mass is 284 g/mol. The summed E-state index contributed by atoms with van der Waals surface area (Å²) in [5, 5.41) is 7.23. The summed E-state index contributed by atoms with van der Waals surface area (Å²) in [4.78, 5) is 15.0. The molecule has 2 aromatic rings. The Labute approximate surface area is 112 Å². The predicted octanol–water partition coefficient (Wildman–Crippen LogP) is 2.69. The van der Waals surface area contributed by atoms with Gasteiger partial charge in [-0.1, -0.05) is 6.07 Å². The Hall–Kier alpha value is -2.38. The molecule has 0 fully saturated rings. The fourth-order valence-corrected chi connectivity index (χ4v) is 1.50. The highest BCUT2D eigenvalue weighted by molar-refractivity contribution is 6.03. The molecule has 0 saturated heterocycles. The van der Waals surface area contributed by atoms with Crippen molar-refractivity contribution < 1.29 is 18.0 Å². The molecule has 0 bridgehead atoms. The Morgan fingerprint density at radius 1 is 1.25 bits per heavy atom. The molecule has 1 aromatic carbocycles. The molecule has 1 heterocycles. The first kappa shape index (κ1) is 14.0. The van der Waals surface area contributed by atoms with Crippen LogP contribution in [0.25, 0.3) is 0 Å². The van der Waals surface area contributed by atoms with Crippen molar-refractivity contribution in [1.29, 1.82) is 0 Å². The first-order valence-corrected chi connectivity index (χ1v) is 5.65. The summed E-state index contributed by atoms with van der Waals surface area (Å²) in [7, 11) is 0. The standard InChI is InChI=1S/C12H11F3N4O/c1-6-3-4-8(5-7(6)2)9(20)16-11-17-10(18-19-11)12(13,14)15/h3-5H,1-2H3,(H2,16,17,18,19,20). The van der Waals surface area contributed by atoms with E-state index in [1.807, 2.05) is 13.8 Å². The quantitative estimate of drug-likeness (QED) is 0.890. The Bertz CT molecular complexity index is 648. The summed E-state index contributed by atoms with van der Waals surface area (Å²) in [6.45, 7) is 3.72. The highest BCUT2D eigenvalue weighted by Gasteiger charge is 2.35. The largest absolute Gasteiger partial charge is 0.451 e. The van der Waals surface area contributed by atoms with E-state index in [0.29, 0.717) is 5.56 Å². The van der Waals surface area contributed by atoms with Crippen LogP contribution < -0.4 is 5.32 Å².